The van der Waals surface area contributed by atoms with E-state index in [-0.39, 0.29) is 4.90 Å². The van der Waals surface area contributed by atoms with Crippen molar-refractivity contribution in [3.63, 3.8) is 0 Å². The Morgan fingerprint density at radius 3 is 2.33 bits per heavy atom. The third kappa shape index (κ3) is 6.59. The summed E-state index contributed by atoms with van der Waals surface area (Å²) in [6.07, 6.45) is -3.50. The highest BCUT2D eigenvalue weighted by Crippen LogP contribution is 2.38. The summed E-state index contributed by atoms with van der Waals surface area (Å²) in [5.74, 6) is -0.902. The number of rotatable bonds is 8. The molecule has 0 aliphatic heterocycles. The number of anilines is 1. The number of nitrogens with zero attached hydrogens (tertiary/aromatic N) is 3. The number of amides is 1. The zero-order valence-electron chi connectivity index (χ0n) is 22.0. The summed E-state index contributed by atoms with van der Waals surface area (Å²) < 4.78 is 70.0. The molecule has 0 radical (unpaired) electrons. The van der Waals surface area contributed by atoms with E-state index in [1.165, 1.54) is 30.5 Å². The Balaban J connectivity index is 1.62. The third-order valence-electron chi connectivity index (χ3n) is 6.20. The Bertz CT molecular complexity index is 1780. The van der Waals surface area contributed by atoms with Crippen molar-refractivity contribution in [2.75, 3.05) is 10.8 Å². The van der Waals surface area contributed by atoms with E-state index in [4.69, 9.17) is 34.8 Å². The van der Waals surface area contributed by atoms with Crippen LogP contribution in [-0.4, -0.2) is 31.7 Å². The molecule has 0 aliphatic rings. The van der Waals surface area contributed by atoms with Crippen LogP contribution in [0.3, 0.4) is 0 Å². The monoisotopic (exact) mass is 656 g/mol. The smallest absolute Gasteiger partial charge is 0.316 e. The summed E-state index contributed by atoms with van der Waals surface area (Å²) in [6.45, 7) is 2.78. The van der Waals surface area contributed by atoms with Crippen molar-refractivity contribution >= 4 is 62.6 Å². The largest absolute Gasteiger partial charge is 0.417 e. The standard InChI is InChI=1S/C28H22Cl3F3N4O3S/c1-17-13-19(18(2)38(17)25-10-6-9-24(30)27(25)31)15-35-36-26(39)16-37(42(40,41)21-7-4-3-5-8-21)20-11-12-23(29)22(14-20)28(32,33)34/h3-15H,16H2,1-2H3,(H,36,39)/b35-15-. The van der Waals surface area contributed by atoms with Gasteiger partial charge in [0.05, 0.1) is 43.1 Å². The van der Waals surface area contributed by atoms with Crippen LogP contribution in [0.1, 0.15) is 22.5 Å². The molecule has 4 rings (SSSR count). The van der Waals surface area contributed by atoms with Gasteiger partial charge in [0, 0.05) is 17.0 Å². The van der Waals surface area contributed by atoms with Crippen LogP contribution < -0.4 is 9.73 Å². The van der Waals surface area contributed by atoms with E-state index in [1.54, 1.807) is 37.3 Å². The van der Waals surface area contributed by atoms with E-state index in [0.29, 0.717) is 31.7 Å². The van der Waals surface area contributed by atoms with Crippen molar-refractivity contribution in [2.45, 2.75) is 24.9 Å². The molecule has 0 atom stereocenters. The highest BCUT2D eigenvalue weighted by Gasteiger charge is 2.35. The summed E-state index contributed by atoms with van der Waals surface area (Å²) in [7, 11) is -4.47. The number of hydrogen-bond donors (Lipinski definition) is 1. The Labute approximate surface area is 255 Å². The van der Waals surface area contributed by atoms with E-state index in [2.05, 4.69) is 10.5 Å². The number of benzene rings is 3. The molecule has 3 aromatic carbocycles. The maximum atomic E-state index is 13.5. The van der Waals surface area contributed by atoms with Crippen LogP contribution in [0.25, 0.3) is 5.69 Å². The van der Waals surface area contributed by atoms with Crippen molar-refractivity contribution in [2.24, 2.45) is 5.10 Å². The van der Waals surface area contributed by atoms with Gasteiger partial charge in [0.15, 0.2) is 0 Å². The maximum Gasteiger partial charge on any atom is 0.417 e. The van der Waals surface area contributed by atoms with E-state index >= 15 is 0 Å². The quantitative estimate of drug-likeness (QED) is 0.158. The molecule has 1 amide bonds. The van der Waals surface area contributed by atoms with Crippen LogP contribution in [0.2, 0.25) is 15.1 Å². The zero-order valence-corrected chi connectivity index (χ0v) is 25.0. The summed E-state index contributed by atoms with van der Waals surface area (Å²) in [5, 5.41) is 4.06. The van der Waals surface area contributed by atoms with Crippen LogP contribution in [0.15, 0.2) is 82.8 Å². The lowest BCUT2D eigenvalue weighted by Gasteiger charge is -2.24. The van der Waals surface area contributed by atoms with Gasteiger partial charge >= 0.3 is 6.18 Å². The maximum absolute atomic E-state index is 13.5. The average molecular weight is 658 g/mol. The van der Waals surface area contributed by atoms with Gasteiger partial charge in [-0.1, -0.05) is 59.1 Å². The summed E-state index contributed by atoms with van der Waals surface area (Å²) in [6, 6.07) is 16.6. The molecular formula is C28H22Cl3F3N4O3S. The molecular weight excluding hydrogens is 636 g/mol. The van der Waals surface area contributed by atoms with Crippen LogP contribution in [0.4, 0.5) is 18.9 Å². The zero-order chi connectivity index (χ0) is 30.8. The number of hydrogen-bond acceptors (Lipinski definition) is 4. The minimum Gasteiger partial charge on any atom is -0.316 e. The van der Waals surface area contributed by atoms with Gasteiger partial charge in [-0.25, -0.2) is 13.8 Å². The second-order valence-corrected chi connectivity index (χ2v) is 12.1. The molecule has 0 aliphatic carbocycles. The lowest BCUT2D eigenvalue weighted by Crippen LogP contribution is -2.39. The number of hydrazone groups is 1. The highest BCUT2D eigenvalue weighted by atomic mass is 35.5. The SMILES string of the molecule is Cc1cc(/C=N\NC(=O)CN(c2ccc(Cl)c(C(F)(F)F)c2)S(=O)(=O)c2ccccc2)c(C)n1-c1cccc(Cl)c1Cl. The Morgan fingerprint density at radius 2 is 1.67 bits per heavy atom. The Kier molecular flexibility index (Phi) is 9.27. The minimum absolute atomic E-state index is 0.225. The molecule has 1 aromatic heterocycles. The topological polar surface area (TPSA) is 83.8 Å². The second-order valence-electron chi connectivity index (χ2n) is 9.01. The number of aryl methyl sites for hydroxylation is 1. The first-order valence-electron chi connectivity index (χ1n) is 12.1. The fourth-order valence-corrected chi connectivity index (χ4v) is 6.25. The van der Waals surface area contributed by atoms with Crippen molar-refractivity contribution < 1.29 is 26.4 Å². The van der Waals surface area contributed by atoms with Crippen LogP contribution in [-0.2, 0) is 21.0 Å². The molecule has 1 N–H and O–H groups in total. The molecule has 7 nitrogen and oxygen atoms in total. The second kappa shape index (κ2) is 12.4. The average Bonchev–Trinajstić information content (AvgIpc) is 3.21. The van der Waals surface area contributed by atoms with Gasteiger partial charge in [-0.15, -0.1) is 0 Å². The predicted molar refractivity (Wildman–Crippen MR) is 158 cm³/mol. The van der Waals surface area contributed by atoms with Gasteiger partial charge in [0.25, 0.3) is 15.9 Å². The highest BCUT2D eigenvalue weighted by molar-refractivity contribution is 7.92. The van der Waals surface area contributed by atoms with Gasteiger partial charge in [0.1, 0.15) is 6.54 Å². The first kappa shape index (κ1) is 31.4. The van der Waals surface area contributed by atoms with Gasteiger partial charge in [-0.05, 0) is 62.4 Å². The van der Waals surface area contributed by atoms with Gasteiger partial charge < -0.3 is 4.57 Å². The number of alkyl halides is 3. The predicted octanol–water partition coefficient (Wildman–Crippen LogP) is 7.42. The first-order valence-corrected chi connectivity index (χ1v) is 14.7. The molecule has 0 saturated carbocycles. The molecule has 42 heavy (non-hydrogen) atoms. The number of sulfonamides is 1. The first-order chi connectivity index (χ1) is 19.7. The summed E-state index contributed by atoms with van der Waals surface area (Å²) in [4.78, 5) is 12.7. The minimum atomic E-state index is -4.86. The van der Waals surface area contributed by atoms with Gasteiger partial charge in [-0.3, -0.25) is 9.10 Å². The molecule has 14 heteroatoms. The molecule has 0 spiro atoms. The van der Waals surface area contributed by atoms with Crippen LogP contribution in [0.5, 0.6) is 0 Å². The Morgan fingerprint density at radius 1 is 0.976 bits per heavy atom. The lowest BCUT2D eigenvalue weighted by atomic mass is 10.2. The number of halogens is 6. The van der Waals surface area contributed by atoms with Crippen LogP contribution >= 0.6 is 34.8 Å². The lowest BCUT2D eigenvalue weighted by molar-refractivity contribution is -0.137. The number of nitrogens with one attached hydrogen (secondary N) is 1. The number of aromatic nitrogens is 1. The molecule has 1 heterocycles. The van der Waals surface area contributed by atoms with Crippen molar-refractivity contribution in [3.05, 3.63) is 110 Å². The summed E-state index contributed by atoms with van der Waals surface area (Å²) in [5.41, 5.74) is 3.38. The third-order valence-corrected chi connectivity index (χ3v) is 9.12. The Hall–Kier alpha value is -3.51. The molecule has 0 fully saturated rings. The fourth-order valence-electron chi connectivity index (χ4n) is 4.21. The van der Waals surface area contributed by atoms with E-state index in [1.807, 2.05) is 11.5 Å². The molecule has 220 valence electrons. The molecule has 4 aromatic rings. The van der Waals surface area contributed by atoms with E-state index in [9.17, 15) is 26.4 Å². The van der Waals surface area contributed by atoms with Crippen molar-refractivity contribution in [1.29, 1.82) is 0 Å². The van der Waals surface area contributed by atoms with Crippen molar-refractivity contribution in [1.82, 2.24) is 9.99 Å². The fraction of sp³-hybridized carbons (Fsp3) is 0.143. The molecule has 0 saturated heterocycles. The van der Waals surface area contributed by atoms with Crippen LogP contribution in [0, 0.1) is 13.8 Å². The normalized spacial score (nSPS) is 12.1. The van der Waals surface area contributed by atoms with Gasteiger partial charge in [-0.2, -0.15) is 18.3 Å². The molecule has 0 unspecified atom stereocenters. The van der Waals surface area contributed by atoms with E-state index < -0.39 is 44.9 Å². The molecule has 0 bridgehead atoms. The van der Waals surface area contributed by atoms with Gasteiger partial charge in [0.2, 0.25) is 0 Å². The van der Waals surface area contributed by atoms with E-state index in [0.717, 1.165) is 23.5 Å². The number of carbonyl (C=O) groups excluding carboxylic acids is 1. The number of carbonyl (C=O) groups is 1. The van der Waals surface area contributed by atoms with Crippen molar-refractivity contribution in [3.8, 4) is 5.69 Å². The summed E-state index contributed by atoms with van der Waals surface area (Å²) >= 11 is 18.3.